The zero-order valence-corrected chi connectivity index (χ0v) is 10.9. The van der Waals surface area contributed by atoms with Crippen molar-refractivity contribution >= 4 is 10.9 Å². The molecule has 0 amide bonds. The van der Waals surface area contributed by atoms with E-state index in [-0.39, 0.29) is 6.79 Å². The molecule has 0 N–H and O–H groups in total. The Morgan fingerprint density at radius 1 is 1.00 bits per heavy atom. The van der Waals surface area contributed by atoms with Crippen molar-refractivity contribution in [2.45, 2.75) is 0 Å². The predicted molar refractivity (Wildman–Crippen MR) is 75.8 cm³/mol. The SMILES string of the molecule is N#Cc1c(-c2ccccc2)nnc2cc3c(cc12)OCO3. The Morgan fingerprint density at radius 2 is 1.76 bits per heavy atom. The van der Waals surface area contributed by atoms with Crippen LogP contribution in [0.1, 0.15) is 5.56 Å². The van der Waals surface area contributed by atoms with E-state index in [0.717, 1.165) is 10.9 Å². The van der Waals surface area contributed by atoms with Crippen molar-refractivity contribution < 1.29 is 9.47 Å². The highest BCUT2D eigenvalue weighted by atomic mass is 16.7. The third kappa shape index (κ3) is 1.77. The molecule has 2 heterocycles. The Bertz CT molecular complexity index is 885. The van der Waals surface area contributed by atoms with Gasteiger partial charge in [0.1, 0.15) is 11.8 Å². The lowest BCUT2D eigenvalue weighted by Gasteiger charge is -2.06. The van der Waals surface area contributed by atoms with Crippen LogP contribution < -0.4 is 9.47 Å². The first-order valence-electron chi connectivity index (χ1n) is 6.42. The molecular formula is C16H9N3O2. The van der Waals surface area contributed by atoms with Gasteiger partial charge in [-0.1, -0.05) is 30.3 Å². The number of benzene rings is 2. The van der Waals surface area contributed by atoms with Crippen LogP contribution in [0.2, 0.25) is 0 Å². The van der Waals surface area contributed by atoms with Gasteiger partial charge in [0.25, 0.3) is 0 Å². The summed E-state index contributed by atoms with van der Waals surface area (Å²) in [5, 5.41) is 18.7. The first kappa shape index (κ1) is 11.7. The van der Waals surface area contributed by atoms with Gasteiger partial charge >= 0.3 is 0 Å². The van der Waals surface area contributed by atoms with Crippen molar-refractivity contribution in [2.24, 2.45) is 0 Å². The second kappa shape index (κ2) is 4.46. The molecular weight excluding hydrogens is 266 g/mol. The maximum atomic E-state index is 9.54. The molecule has 1 aliphatic rings. The molecule has 5 heteroatoms. The van der Waals surface area contributed by atoms with Crippen LogP contribution in [0.25, 0.3) is 22.2 Å². The van der Waals surface area contributed by atoms with Crippen LogP contribution in [0.15, 0.2) is 42.5 Å². The lowest BCUT2D eigenvalue weighted by molar-refractivity contribution is 0.174. The molecule has 0 bridgehead atoms. The summed E-state index contributed by atoms with van der Waals surface area (Å²) >= 11 is 0. The van der Waals surface area contributed by atoms with Gasteiger partial charge in [-0.3, -0.25) is 0 Å². The zero-order valence-electron chi connectivity index (χ0n) is 10.9. The van der Waals surface area contributed by atoms with Crippen LogP contribution in [0.4, 0.5) is 0 Å². The maximum absolute atomic E-state index is 9.54. The van der Waals surface area contributed by atoms with Gasteiger partial charge in [0.05, 0.1) is 11.1 Å². The number of fused-ring (bicyclic) bond motifs is 2. The van der Waals surface area contributed by atoms with Crippen LogP contribution >= 0.6 is 0 Å². The van der Waals surface area contributed by atoms with E-state index >= 15 is 0 Å². The molecule has 0 unspecified atom stereocenters. The largest absolute Gasteiger partial charge is 0.454 e. The summed E-state index contributed by atoms with van der Waals surface area (Å²) in [7, 11) is 0. The summed E-state index contributed by atoms with van der Waals surface area (Å²) < 4.78 is 10.7. The average Bonchev–Trinajstić information content (AvgIpc) is 2.99. The molecule has 21 heavy (non-hydrogen) atoms. The number of aromatic nitrogens is 2. The van der Waals surface area contributed by atoms with Crippen molar-refractivity contribution in [3.05, 3.63) is 48.0 Å². The van der Waals surface area contributed by atoms with Gasteiger partial charge < -0.3 is 9.47 Å². The molecule has 1 aliphatic heterocycles. The van der Waals surface area contributed by atoms with E-state index < -0.39 is 0 Å². The molecule has 5 nitrogen and oxygen atoms in total. The quantitative estimate of drug-likeness (QED) is 0.683. The van der Waals surface area contributed by atoms with Crippen molar-refractivity contribution in [1.82, 2.24) is 10.2 Å². The second-order valence-corrected chi connectivity index (χ2v) is 4.62. The summed E-state index contributed by atoms with van der Waals surface area (Å²) in [5.74, 6) is 1.26. The Balaban J connectivity index is 2.03. The molecule has 0 saturated carbocycles. The second-order valence-electron chi connectivity index (χ2n) is 4.62. The Kier molecular flexibility index (Phi) is 2.48. The minimum Gasteiger partial charge on any atom is -0.454 e. The fourth-order valence-corrected chi connectivity index (χ4v) is 2.41. The number of nitriles is 1. The van der Waals surface area contributed by atoms with E-state index in [0.29, 0.717) is 28.3 Å². The van der Waals surface area contributed by atoms with Gasteiger partial charge in [0.15, 0.2) is 11.5 Å². The van der Waals surface area contributed by atoms with E-state index in [2.05, 4.69) is 16.3 Å². The molecule has 4 rings (SSSR count). The Morgan fingerprint density at radius 3 is 2.52 bits per heavy atom. The lowest BCUT2D eigenvalue weighted by Crippen LogP contribution is -1.95. The highest BCUT2D eigenvalue weighted by Crippen LogP contribution is 2.37. The van der Waals surface area contributed by atoms with Gasteiger partial charge in [0.2, 0.25) is 6.79 Å². The summed E-state index contributed by atoms with van der Waals surface area (Å²) in [6.07, 6.45) is 0. The topological polar surface area (TPSA) is 68.0 Å². The van der Waals surface area contributed by atoms with Crippen molar-refractivity contribution in [3.63, 3.8) is 0 Å². The summed E-state index contributed by atoms with van der Waals surface area (Å²) in [6, 6.07) is 15.3. The molecule has 0 atom stereocenters. The first-order valence-corrected chi connectivity index (χ1v) is 6.42. The number of nitrogens with zero attached hydrogens (tertiary/aromatic N) is 3. The number of hydrogen-bond donors (Lipinski definition) is 0. The van der Waals surface area contributed by atoms with E-state index in [9.17, 15) is 5.26 Å². The van der Waals surface area contributed by atoms with Crippen molar-refractivity contribution in [2.75, 3.05) is 6.79 Å². The van der Waals surface area contributed by atoms with Crippen molar-refractivity contribution in [3.8, 4) is 28.8 Å². The molecule has 0 saturated heterocycles. The lowest BCUT2D eigenvalue weighted by atomic mass is 10.0. The highest BCUT2D eigenvalue weighted by molar-refractivity contribution is 5.92. The number of ether oxygens (including phenoxy) is 2. The fourth-order valence-electron chi connectivity index (χ4n) is 2.41. The first-order chi connectivity index (χ1) is 10.4. The number of hydrogen-bond acceptors (Lipinski definition) is 5. The highest BCUT2D eigenvalue weighted by Gasteiger charge is 2.19. The maximum Gasteiger partial charge on any atom is 0.231 e. The minimum atomic E-state index is 0.187. The molecule has 2 aromatic carbocycles. The molecule has 0 spiro atoms. The van der Waals surface area contributed by atoms with Crippen LogP contribution in [0, 0.1) is 11.3 Å². The van der Waals surface area contributed by atoms with Gasteiger partial charge in [-0.25, -0.2) is 0 Å². The summed E-state index contributed by atoms with van der Waals surface area (Å²) in [5.41, 5.74) is 2.55. The van der Waals surface area contributed by atoms with Crippen LogP contribution in [-0.2, 0) is 0 Å². The van der Waals surface area contributed by atoms with E-state index in [4.69, 9.17) is 9.47 Å². The molecule has 1 aromatic heterocycles. The fraction of sp³-hybridized carbons (Fsp3) is 0.0625. The molecule has 3 aromatic rings. The Labute approximate surface area is 120 Å². The van der Waals surface area contributed by atoms with Gasteiger partial charge in [-0.05, 0) is 6.07 Å². The van der Waals surface area contributed by atoms with Gasteiger partial charge in [-0.2, -0.15) is 5.26 Å². The van der Waals surface area contributed by atoms with Crippen LogP contribution in [-0.4, -0.2) is 17.0 Å². The molecule has 0 radical (unpaired) electrons. The zero-order chi connectivity index (χ0) is 14.2. The molecule has 100 valence electrons. The summed E-state index contributed by atoms with van der Waals surface area (Å²) in [6.45, 7) is 0.187. The van der Waals surface area contributed by atoms with Gasteiger partial charge in [0, 0.05) is 17.0 Å². The normalized spacial score (nSPS) is 12.3. The third-order valence-corrected chi connectivity index (χ3v) is 3.41. The third-order valence-electron chi connectivity index (χ3n) is 3.41. The van der Waals surface area contributed by atoms with E-state index in [1.165, 1.54) is 0 Å². The monoisotopic (exact) mass is 275 g/mol. The Hall–Kier alpha value is -3.13. The minimum absolute atomic E-state index is 0.187. The van der Waals surface area contributed by atoms with E-state index in [1.54, 1.807) is 12.1 Å². The average molecular weight is 275 g/mol. The predicted octanol–water partition coefficient (Wildman–Crippen LogP) is 2.90. The smallest absolute Gasteiger partial charge is 0.231 e. The van der Waals surface area contributed by atoms with Crippen molar-refractivity contribution in [1.29, 1.82) is 5.26 Å². The number of rotatable bonds is 1. The summed E-state index contributed by atoms with van der Waals surface area (Å²) in [4.78, 5) is 0. The van der Waals surface area contributed by atoms with Crippen LogP contribution in [0.3, 0.4) is 0 Å². The van der Waals surface area contributed by atoms with E-state index in [1.807, 2.05) is 30.3 Å². The molecule has 0 aliphatic carbocycles. The van der Waals surface area contributed by atoms with Gasteiger partial charge in [-0.15, -0.1) is 10.2 Å². The standard InChI is InChI=1S/C16H9N3O2/c17-8-12-11-6-14-15(21-9-20-14)7-13(11)18-19-16(12)10-4-2-1-3-5-10/h1-7H,9H2. The van der Waals surface area contributed by atoms with Crippen LogP contribution in [0.5, 0.6) is 11.5 Å². The molecule has 0 fully saturated rings.